The number of hydrogen-bond acceptors (Lipinski definition) is 2. The first kappa shape index (κ1) is 13.5. The van der Waals surface area contributed by atoms with Crippen molar-refractivity contribution in [1.29, 1.82) is 0 Å². The van der Waals surface area contributed by atoms with Crippen LogP contribution in [0.25, 0.3) is 0 Å². The Balaban J connectivity index is 2.53. The zero-order chi connectivity index (χ0) is 12.8. The number of halogens is 1. The van der Waals surface area contributed by atoms with Gasteiger partial charge in [-0.1, -0.05) is 31.5 Å². The van der Waals surface area contributed by atoms with Crippen molar-refractivity contribution in [3.8, 4) is 0 Å². The molecule has 2 N–H and O–H groups in total. The maximum Gasteiger partial charge on any atom is 0.269 e. The fraction of sp³-hybridized carbons (Fsp3) is 0.333. The van der Waals surface area contributed by atoms with E-state index in [1.54, 1.807) is 25.1 Å². The molecule has 0 saturated carbocycles. The van der Waals surface area contributed by atoms with Crippen LogP contribution in [0.2, 0.25) is 5.02 Å². The van der Waals surface area contributed by atoms with Crippen molar-refractivity contribution in [1.82, 2.24) is 10.9 Å². The zero-order valence-corrected chi connectivity index (χ0v) is 10.5. The fourth-order valence-corrected chi connectivity index (χ4v) is 1.32. The highest BCUT2D eigenvalue weighted by molar-refractivity contribution is 6.30. The van der Waals surface area contributed by atoms with Gasteiger partial charge in [0.1, 0.15) is 0 Å². The summed E-state index contributed by atoms with van der Waals surface area (Å²) in [5.74, 6) is -0.721. The Morgan fingerprint density at radius 3 is 2.65 bits per heavy atom. The summed E-state index contributed by atoms with van der Waals surface area (Å²) in [5.41, 5.74) is 5.12. The Labute approximate surface area is 105 Å². The van der Waals surface area contributed by atoms with Crippen molar-refractivity contribution in [3.05, 3.63) is 34.9 Å². The van der Waals surface area contributed by atoms with Crippen LogP contribution in [0, 0.1) is 5.92 Å². The molecule has 0 aliphatic rings. The number of carbonyl (C=O) groups is 2. The van der Waals surface area contributed by atoms with E-state index in [4.69, 9.17) is 11.6 Å². The minimum absolute atomic E-state index is 0.130. The van der Waals surface area contributed by atoms with Crippen LogP contribution in [0.3, 0.4) is 0 Å². The summed E-state index contributed by atoms with van der Waals surface area (Å²) >= 11 is 5.76. The highest BCUT2D eigenvalue weighted by Gasteiger charge is 2.12. The first-order valence-corrected chi connectivity index (χ1v) is 5.78. The topological polar surface area (TPSA) is 58.2 Å². The van der Waals surface area contributed by atoms with Crippen LogP contribution in [0.5, 0.6) is 0 Å². The Morgan fingerprint density at radius 1 is 1.35 bits per heavy atom. The van der Waals surface area contributed by atoms with Gasteiger partial charge in [0.15, 0.2) is 0 Å². The van der Waals surface area contributed by atoms with Crippen molar-refractivity contribution in [2.45, 2.75) is 20.3 Å². The molecule has 2 amide bonds. The van der Waals surface area contributed by atoms with Gasteiger partial charge in [0.2, 0.25) is 5.91 Å². The minimum atomic E-state index is -0.385. The number of benzene rings is 1. The summed E-state index contributed by atoms with van der Waals surface area (Å²) in [6, 6.07) is 6.51. The second kappa shape index (κ2) is 6.25. The average Bonchev–Trinajstić information content (AvgIpc) is 2.34. The van der Waals surface area contributed by atoms with E-state index >= 15 is 0 Å². The lowest BCUT2D eigenvalue weighted by molar-refractivity contribution is -0.125. The largest absolute Gasteiger partial charge is 0.273 e. The third-order valence-corrected chi connectivity index (χ3v) is 2.68. The molecule has 0 heterocycles. The van der Waals surface area contributed by atoms with Gasteiger partial charge in [-0.15, -0.1) is 0 Å². The van der Waals surface area contributed by atoms with Gasteiger partial charge in [-0.05, 0) is 24.6 Å². The third-order valence-electron chi connectivity index (χ3n) is 2.45. The second-order valence-corrected chi connectivity index (χ2v) is 4.20. The summed E-state index contributed by atoms with van der Waals surface area (Å²) in [6.07, 6.45) is 0.721. The Morgan fingerprint density at radius 2 is 2.06 bits per heavy atom. The molecule has 0 spiro atoms. The van der Waals surface area contributed by atoms with Gasteiger partial charge in [-0.2, -0.15) is 0 Å². The maximum atomic E-state index is 11.6. The SMILES string of the molecule is CCC(C)C(=O)NNC(=O)c1cccc(Cl)c1. The monoisotopic (exact) mass is 254 g/mol. The molecular formula is C12H15ClN2O2. The normalized spacial score (nSPS) is 11.7. The van der Waals surface area contributed by atoms with Crippen LogP contribution in [-0.2, 0) is 4.79 Å². The lowest BCUT2D eigenvalue weighted by Gasteiger charge is -2.11. The first-order valence-electron chi connectivity index (χ1n) is 5.40. The Kier molecular flexibility index (Phi) is 4.97. The summed E-state index contributed by atoms with van der Waals surface area (Å²) in [5, 5.41) is 0.478. The quantitative estimate of drug-likeness (QED) is 0.812. The standard InChI is InChI=1S/C12H15ClN2O2/c1-3-8(2)11(16)14-15-12(17)9-5-4-6-10(13)7-9/h4-8H,3H2,1-2H3,(H,14,16)(H,15,17). The van der Waals surface area contributed by atoms with E-state index in [1.807, 2.05) is 6.92 Å². The van der Waals surface area contributed by atoms with Gasteiger partial charge in [-0.25, -0.2) is 0 Å². The van der Waals surface area contributed by atoms with Crippen LogP contribution < -0.4 is 10.9 Å². The van der Waals surface area contributed by atoms with Gasteiger partial charge in [-0.3, -0.25) is 20.4 Å². The van der Waals surface area contributed by atoms with Crippen molar-refractivity contribution in [3.63, 3.8) is 0 Å². The van der Waals surface area contributed by atoms with E-state index in [0.29, 0.717) is 10.6 Å². The minimum Gasteiger partial charge on any atom is -0.273 e. The number of hydrazine groups is 1. The molecule has 0 aromatic heterocycles. The predicted molar refractivity (Wildman–Crippen MR) is 66.5 cm³/mol. The third kappa shape index (κ3) is 4.07. The molecule has 1 aromatic carbocycles. The molecule has 17 heavy (non-hydrogen) atoms. The van der Waals surface area contributed by atoms with Crippen molar-refractivity contribution < 1.29 is 9.59 Å². The van der Waals surface area contributed by atoms with Gasteiger partial charge in [0, 0.05) is 16.5 Å². The number of nitrogens with one attached hydrogen (secondary N) is 2. The van der Waals surface area contributed by atoms with E-state index in [-0.39, 0.29) is 17.7 Å². The lowest BCUT2D eigenvalue weighted by atomic mass is 10.1. The Bertz CT molecular complexity index is 421. The van der Waals surface area contributed by atoms with E-state index in [1.165, 1.54) is 6.07 Å². The van der Waals surface area contributed by atoms with Gasteiger partial charge in [0.05, 0.1) is 0 Å². The number of carbonyl (C=O) groups excluding carboxylic acids is 2. The van der Waals surface area contributed by atoms with Crippen LogP contribution in [0.1, 0.15) is 30.6 Å². The van der Waals surface area contributed by atoms with E-state index in [0.717, 1.165) is 6.42 Å². The molecular weight excluding hydrogens is 240 g/mol. The summed E-state index contributed by atoms with van der Waals surface area (Å²) in [7, 11) is 0. The fourth-order valence-electron chi connectivity index (χ4n) is 1.13. The van der Waals surface area contributed by atoms with Crippen molar-refractivity contribution >= 4 is 23.4 Å². The summed E-state index contributed by atoms with van der Waals surface area (Å²) in [6.45, 7) is 3.70. The number of rotatable bonds is 3. The first-order chi connectivity index (χ1) is 8.04. The van der Waals surface area contributed by atoms with Crippen molar-refractivity contribution in [2.75, 3.05) is 0 Å². The van der Waals surface area contributed by atoms with E-state index in [9.17, 15) is 9.59 Å². The Hall–Kier alpha value is -1.55. The maximum absolute atomic E-state index is 11.6. The average molecular weight is 255 g/mol. The van der Waals surface area contributed by atoms with Gasteiger partial charge in [0.25, 0.3) is 5.91 Å². The highest BCUT2D eigenvalue weighted by Crippen LogP contribution is 2.10. The van der Waals surface area contributed by atoms with Gasteiger partial charge < -0.3 is 0 Å². The molecule has 4 nitrogen and oxygen atoms in total. The molecule has 1 unspecified atom stereocenters. The van der Waals surface area contributed by atoms with Crippen LogP contribution in [0.4, 0.5) is 0 Å². The van der Waals surface area contributed by atoms with Crippen LogP contribution >= 0.6 is 11.6 Å². The van der Waals surface area contributed by atoms with E-state index < -0.39 is 0 Å². The number of amides is 2. The van der Waals surface area contributed by atoms with Crippen LogP contribution in [0.15, 0.2) is 24.3 Å². The molecule has 0 radical (unpaired) electrons. The summed E-state index contributed by atoms with van der Waals surface area (Å²) < 4.78 is 0. The molecule has 1 aromatic rings. The molecule has 1 rings (SSSR count). The van der Waals surface area contributed by atoms with Crippen molar-refractivity contribution in [2.24, 2.45) is 5.92 Å². The molecule has 92 valence electrons. The highest BCUT2D eigenvalue weighted by atomic mass is 35.5. The molecule has 0 aliphatic heterocycles. The molecule has 0 fully saturated rings. The lowest BCUT2D eigenvalue weighted by Crippen LogP contribution is -2.43. The summed E-state index contributed by atoms with van der Waals surface area (Å²) in [4.78, 5) is 23.1. The van der Waals surface area contributed by atoms with E-state index in [2.05, 4.69) is 10.9 Å². The molecule has 0 aliphatic carbocycles. The zero-order valence-electron chi connectivity index (χ0n) is 9.79. The molecule has 5 heteroatoms. The molecule has 0 saturated heterocycles. The predicted octanol–water partition coefficient (Wildman–Crippen LogP) is 2.15. The number of hydrogen-bond donors (Lipinski definition) is 2. The smallest absolute Gasteiger partial charge is 0.269 e. The molecule has 1 atom stereocenters. The van der Waals surface area contributed by atoms with Crippen LogP contribution in [-0.4, -0.2) is 11.8 Å². The molecule has 0 bridgehead atoms. The second-order valence-electron chi connectivity index (χ2n) is 3.76. The van der Waals surface area contributed by atoms with Gasteiger partial charge >= 0.3 is 0 Å².